The molecular weight excluding hydrogens is 358 g/mol. The summed E-state index contributed by atoms with van der Waals surface area (Å²) in [6.07, 6.45) is 0. The molecule has 0 aromatic heterocycles. The van der Waals surface area contributed by atoms with Crippen molar-refractivity contribution in [1.82, 2.24) is 5.32 Å². The molecule has 1 amide bonds. The van der Waals surface area contributed by atoms with Crippen LogP contribution in [0, 0.1) is 17.2 Å². The number of amides is 1. The van der Waals surface area contributed by atoms with Crippen LogP contribution in [-0.4, -0.2) is 25.1 Å². The highest BCUT2D eigenvalue weighted by Gasteiger charge is 2.30. The van der Waals surface area contributed by atoms with Crippen molar-refractivity contribution >= 4 is 21.8 Å². The molecule has 0 aliphatic carbocycles. The van der Waals surface area contributed by atoms with Crippen molar-refractivity contribution in [3.63, 3.8) is 0 Å². The van der Waals surface area contributed by atoms with Crippen molar-refractivity contribution in [1.29, 1.82) is 5.26 Å². The number of nitrogens with one attached hydrogen (secondary N) is 1. The van der Waals surface area contributed by atoms with Crippen LogP contribution in [0.4, 0.5) is 0 Å². The van der Waals surface area contributed by atoms with Crippen molar-refractivity contribution in [3.05, 3.63) is 28.2 Å². The summed E-state index contributed by atoms with van der Waals surface area (Å²) in [5.74, 6) is 0.689. The maximum Gasteiger partial charge on any atom is 0.276 e. The average molecular weight is 383 g/mol. The van der Waals surface area contributed by atoms with Crippen LogP contribution in [0.3, 0.4) is 0 Å². The third-order valence-electron chi connectivity index (χ3n) is 4.14. The fraction of sp³-hybridized carbons (Fsp3) is 0.529. The van der Waals surface area contributed by atoms with Crippen molar-refractivity contribution in [2.75, 3.05) is 13.7 Å². The van der Waals surface area contributed by atoms with Crippen LogP contribution in [0.2, 0.25) is 0 Å². The fourth-order valence-corrected chi connectivity index (χ4v) is 2.59. The fourth-order valence-electron chi connectivity index (χ4n) is 2.03. The lowest BCUT2D eigenvalue weighted by Crippen LogP contribution is -2.87. The number of benzene rings is 1. The number of hydrogen-bond acceptors (Lipinski definition) is 3. The monoisotopic (exact) mass is 382 g/mol. The van der Waals surface area contributed by atoms with Crippen molar-refractivity contribution in [2.24, 2.45) is 5.92 Å². The minimum absolute atomic E-state index is 0.0476. The number of ether oxygens (including phenoxy) is 1. The average Bonchev–Trinajstić information content (AvgIpc) is 2.52. The number of nitriles is 1. The zero-order valence-corrected chi connectivity index (χ0v) is 15.9. The zero-order chi connectivity index (χ0) is 17.6. The lowest BCUT2D eigenvalue weighted by molar-refractivity contribution is -0.682. The first-order valence-corrected chi connectivity index (χ1v) is 8.41. The molecule has 0 unspecified atom stereocenters. The molecule has 0 fully saturated rings. The number of nitrogens with two attached hydrogens (primary N) is 1. The molecule has 2 atom stereocenters. The van der Waals surface area contributed by atoms with Crippen LogP contribution < -0.4 is 15.4 Å². The molecule has 0 bridgehead atoms. The Balaban J connectivity index is 2.62. The lowest BCUT2D eigenvalue weighted by Gasteiger charge is -2.27. The number of methoxy groups -OCH3 is 1. The predicted molar refractivity (Wildman–Crippen MR) is 92.9 cm³/mol. The molecule has 126 valence electrons. The molecule has 0 aliphatic heterocycles. The summed E-state index contributed by atoms with van der Waals surface area (Å²) in [5, 5.41) is 14.0. The molecule has 0 spiro atoms. The Kier molecular flexibility index (Phi) is 7.04. The Morgan fingerprint density at radius 1 is 1.48 bits per heavy atom. The van der Waals surface area contributed by atoms with Crippen LogP contribution in [0.15, 0.2) is 22.7 Å². The standard InChI is InChI=1S/C17H24BrN3O2/c1-11(2)17(4,10-19)21-16(22)9-20-12(3)13-6-7-15(23-5)14(18)8-13/h6-8,11-12,20H,9H2,1-5H3,(H,21,22)/p+1/t12-,17-/m0/s1. The second-order valence-electron chi connectivity index (χ2n) is 6.14. The van der Waals surface area contributed by atoms with E-state index in [1.165, 1.54) is 0 Å². The van der Waals surface area contributed by atoms with Gasteiger partial charge < -0.3 is 15.4 Å². The first-order chi connectivity index (χ1) is 10.7. The molecule has 5 nitrogen and oxygen atoms in total. The number of rotatable bonds is 7. The van der Waals surface area contributed by atoms with E-state index in [-0.39, 0.29) is 24.4 Å². The Bertz CT molecular complexity index is 598. The van der Waals surface area contributed by atoms with E-state index >= 15 is 0 Å². The van der Waals surface area contributed by atoms with Gasteiger partial charge in [0, 0.05) is 5.56 Å². The van der Waals surface area contributed by atoms with E-state index in [0.717, 1.165) is 15.8 Å². The highest BCUT2D eigenvalue weighted by atomic mass is 79.9. The van der Waals surface area contributed by atoms with Crippen LogP contribution in [0.5, 0.6) is 5.75 Å². The predicted octanol–water partition coefficient (Wildman–Crippen LogP) is 2.14. The number of nitrogens with zero attached hydrogens (tertiary/aromatic N) is 1. The third kappa shape index (κ3) is 5.22. The molecule has 1 rings (SSSR count). The van der Waals surface area contributed by atoms with Gasteiger partial charge in [0.05, 0.1) is 17.7 Å². The summed E-state index contributed by atoms with van der Waals surface area (Å²) >= 11 is 3.47. The summed E-state index contributed by atoms with van der Waals surface area (Å²) in [6, 6.07) is 8.17. The van der Waals surface area contributed by atoms with Crippen LogP contribution >= 0.6 is 15.9 Å². The van der Waals surface area contributed by atoms with Gasteiger partial charge in [-0.25, -0.2) is 0 Å². The minimum Gasteiger partial charge on any atom is -0.496 e. The maximum atomic E-state index is 12.1. The van der Waals surface area contributed by atoms with Crippen molar-refractivity contribution in [3.8, 4) is 11.8 Å². The summed E-state index contributed by atoms with van der Waals surface area (Å²) in [7, 11) is 1.63. The number of quaternary nitrogens is 1. The Labute approximate surface area is 146 Å². The van der Waals surface area contributed by atoms with Gasteiger partial charge in [-0.2, -0.15) is 5.26 Å². The molecule has 0 heterocycles. The number of carbonyl (C=O) groups is 1. The van der Waals surface area contributed by atoms with Gasteiger partial charge in [-0.05, 0) is 53.9 Å². The number of carbonyl (C=O) groups excluding carboxylic acids is 1. The topological polar surface area (TPSA) is 78.7 Å². The highest BCUT2D eigenvalue weighted by Crippen LogP contribution is 2.27. The molecule has 0 saturated carbocycles. The van der Waals surface area contributed by atoms with E-state index in [1.807, 2.05) is 44.3 Å². The summed E-state index contributed by atoms with van der Waals surface area (Å²) in [4.78, 5) is 12.1. The molecule has 23 heavy (non-hydrogen) atoms. The van der Waals surface area contributed by atoms with Crippen LogP contribution in [0.25, 0.3) is 0 Å². The lowest BCUT2D eigenvalue weighted by atomic mass is 9.90. The Morgan fingerprint density at radius 2 is 2.13 bits per heavy atom. The summed E-state index contributed by atoms with van der Waals surface area (Å²) in [6.45, 7) is 7.90. The molecule has 6 heteroatoms. The quantitative estimate of drug-likeness (QED) is 0.757. The van der Waals surface area contributed by atoms with Gasteiger partial charge >= 0.3 is 0 Å². The maximum absolute atomic E-state index is 12.1. The van der Waals surface area contributed by atoms with E-state index < -0.39 is 5.54 Å². The van der Waals surface area contributed by atoms with Gasteiger partial charge in [0.1, 0.15) is 17.3 Å². The minimum atomic E-state index is -0.836. The van der Waals surface area contributed by atoms with Crippen molar-refractivity contribution in [2.45, 2.75) is 39.3 Å². The van der Waals surface area contributed by atoms with E-state index in [4.69, 9.17) is 4.74 Å². The van der Waals surface area contributed by atoms with E-state index in [2.05, 4.69) is 27.3 Å². The highest BCUT2D eigenvalue weighted by molar-refractivity contribution is 9.10. The van der Waals surface area contributed by atoms with E-state index in [1.54, 1.807) is 14.0 Å². The summed E-state index contributed by atoms with van der Waals surface area (Å²) < 4.78 is 6.10. The number of hydrogen-bond donors (Lipinski definition) is 2. The molecule has 0 radical (unpaired) electrons. The van der Waals surface area contributed by atoms with Crippen molar-refractivity contribution < 1.29 is 14.8 Å². The first-order valence-electron chi connectivity index (χ1n) is 7.62. The van der Waals surface area contributed by atoms with Crippen LogP contribution in [-0.2, 0) is 4.79 Å². The van der Waals surface area contributed by atoms with Gasteiger partial charge in [0.15, 0.2) is 6.54 Å². The Hall–Kier alpha value is -1.58. The number of halogens is 1. The van der Waals surface area contributed by atoms with E-state index in [0.29, 0.717) is 0 Å². The zero-order valence-electron chi connectivity index (χ0n) is 14.3. The normalized spacial score (nSPS) is 14.7. The molecule has 0 saturated heterocycles. The second kappa shape index (κ2) is 8.32. The molecule has 3 N–H and O–H groups in total. The van der Waals surface area contributed by atoms with Gasteiger partial charge in [0.25, 0.3) is 5.91 Å². The molecule has 1 aromatic carbocycles. The van der Waals surface area contributed by atoms with Crippen LogP contribution in [0.1, 0.15) is 39.3 Å². The van der Waals surface area contributed by atoms with Gasteiger partial charge in [-0.3, -0.25) is 4.79 Å². The van der Waals surface area contributed by atoms with Gasteiger partial charge in [-0.15, -0.1) is 0 Å². The Morgan fingerprint density at radius 3 is 2.61 bits per heavy atom. The van der Waals surface area contributed by atoms with E-state index in [9.17, 15) is 10.1 Å². The molecule has 1 aromatic rings. The second-order valence-corrected chi connectivity index (χ2v) is 6.99. The van der Waals surface area contributed by atoms with Gasteiger partial charge in [-0.1, -0.05) is 13.8 Å². The molecular formula is C17H25BrN3O2+. The molecule has 0 aliphatic rings. The first kappa shape index (κ1) is 19.5. The third-order valence-corrected chi connectivity index (χ3v) is 4.76. The smallest absolute Gasteiger partial charge is 0.276 e. The summed E-state index contributed by atoms with van der Waals surface area (Å²) in [5.41, 5.74) is 0.259. The largest absolute Gasteiger partial charge is 0.496 e. The SMILES string of the molecule is COc1ccc([C@H](C)[NH2+]CC(=O)N[C@@](C)(C#N)C(C)C)cc1Br. The van der Waals surface area contributed by atoms with Gasteiger partial charge in [0.2, 0.25) is 0 Å².